The number of ether oxygens (including phenoxy) is 2. The number of allylic oxidation sites excluding steroid dienone is 2. The summed E-state index contributed by atoms with van der Waals surface area (Å²) in [5.74, 6) is 0.443. The average Bonchev–Trinajstić information content (AvgIpc) is 2.98. The van der Waals surface area contributed by atoms with E-state index in [2.05, 4.69) is 26.8 Å². The minimum Gasteiger partial charge on any atom is -0.493 e. The number of hydrogen-bond donors (Lipinski definition) is 0. The Morgan fingerprint density at radius 3 is 2.61 bits per heavy atom. The van der Waals surface area contributed by atoms with Crippen LogP contribution in [0.25, 0.3) is 16.8 Å². The lowest BCUT2D eigenvalue weighted by Gasteiger charge is -2.29. The highest BCUT2D eigenvalue weighted by molar-refractivity contribution is 5.96. The van der Waals surface area contributed by atoms with Crippen molar-refractivity contribution in [1.29, 1.82) is 0 Å². The summed E-state index contributed by atoms with van der Waals surface area (Å²) in [5, 5.41) is 0. The van der Waals surface area contributed by atoms with Gasteiger partial charge in [0.25, 0.3) is 0 Å². The van der Waals surface area contributed by atoms with Crippen LogP contribution < -0.4 is 4.74 Å². The third-order valence-corrected chi connectivity index (χ3v) is 6.00. The first-order chi connectivity index (χ1) is 14.6. The van der Waals surface area contributed by atoms with E-state index in [4.69, 9.17) is 14.5 Å². The fourth-order valence-electron chi connectivity index (χ4n) is 3.78. The number of esters is 1. The molecule has 4 nitrogen and oxygen atoms in total. The second-order valence-electron chi connectivity index (χ2n) is 9.17. The number of halogens is 1. The molecule has 1 heterocycles. The molecule has 3 rings (SSSR count). The Kier molecular flexibility index (Phi) is 6.83. The molecule has 0 fully saturated rings. The van der Waals surface area contributed by atoms with Gasteiger partial charge in [0.2, 0.25) is 0 Å². The highest BCUT2D eigenvalue weighted by atomic mass is 19.1. The van der Waals surface area contributed by atoms with Gasteiger partial charge in [-0.1, -0.05) is 40.7 Å². The lowest BCUT2D eigenvalue weighted by atomic mass is 9.76. The molecule has 0 N–H and O–H groups in total. The van der Waals surface area contributed by atoms with Crippen LogP contribution in [0, 0.1) is 23.1 Å². The Balaban J connectivity index is 2.09. The number of hydrogen-bond acceptors (Lipinski definition) is 4. The van der Waals surface area contributed by atoms with Crippen molar-refractivity contribution in [2.75, 3.05) is 13.2 Å². The van der Waals surface area contributed by atoms with E-state index in [-0.39, 0.29) is 11.2 Å². The van der Waals surface area contributed by atoms with Gasteiger partial charge in [0, 0.05) is 11.6 Å². The third-order valence-electron chi connectivity index (χ3n) is 6.00. The average molecular weight is 426 g/mol. The molecule has 1 aliphatic carbocycles. The zero-order valence-electron chi connectivity index (χ0n) is 19.3. The summed E-state index contributed by atoms with van der Waals surface area (Å²) in [5.41, 5.74) is 3.14. The number of carbonyl (C=O) groups is 1. The van der Waals surface area contributed by atoms with Crippen LogP contribution in [-0.2, 0) is 4.74 Å². The zero-order valence-corrected chi connectivity index (χ0v) is 19.3. The summed E-state index contributed by atoms with van der Waals surface area (Å²) >= 11 is 0. The molecule has 0 amide bonds. The van der Waals surface area contributed by atoms with E-state index in [9.17, 15) is 9.18 Å². The van der Waals surface area contributed by atoms with Gasteiger partial charge < -0.3 is 9.47 Å². The maximum absolute atomic E-state index is 14.3. The number of benzene rings is 1. The monoisotopic (exact) mass is 425 g/mol. The summed E-state index contributed by atoms with van der Waals surface area (Å²) < 4.78 is 25.3. The number of rotatable bonds is 7. The van der Waals surface area contributed by atoms with Crippen molar-refractivity contribution < 1.29 is 18.7 Å². The molecule has 0 saturated heterocycles. The van der Waals surface area contributed by atoms with Gasteiger partial charge in [0.1, 0.15) is 11.6 Å². The molecular formula is C26H32FNO3. The number of pyridine rings is 1. The summed E-state index contributed by atoms with van der Waals surface area (Å²) in [6, 6.07) is 8.08. The van der Waals surface area contributed by atoms with Gasteiger partial charge in [-0.15, -0.1) is 0 Å². The third kappa shape index (κ3) is 4.97. The highest BCUT2D eigenvalue weighted by Crippen LogP contribution is 2.48. The Labute approximate surface area is 184 Å². The van der Waals surface area contributed by atoms with Crippen LogP contribution in [0.5, 0.6) is 5.75 Å². The number of carbonyl (C=O) groups excluding carboxylic acids is 1. The quantitative estimate of drug-likeness (QED) is 0.472. The van der Waals surface area contributed by atoms with Crippen molar-refractivity contribution in [1.82, 2.24) is 4.98 Å². The van der Waals surface area contributed by atoms with Crippen LogP contribution in [0.4, 0.5) is 4.39 Å². The van der Waals surface area contributed by atoms with Crippen LogP contribution in [0.1, 0.15) is 64.0 Å². The van der Waals surface area contributed by atoms with E-state index < -0.39 is 5.97 Å². The Morgan fingerprint density at radius 1 is 1.26 bits per heavy atom. The lowest BCUT2D eigenvalue weighted by molar-refractivity contribution is 0.0525. The molecule has 166 valence electrons. The van der Waals surface area contributed by atoms with Gasteiger partial charge in [0.05, 0.1) is 30.2 Å². The van der Waals surface area contributed by atoms with Gasteiger partial charge >= 0.3 is 5.97 Å². The van der Waals surface area contributed by atoms with E-state index in [1.165, 1.54) is 12.1 Å². The molecule has 31 heavy (non-hydrogen) atoms. The SMILES string of the molecule is CCOC(=O)c1ccc(-c2cc(F)cc(OCC(C)C)c2)nc1C1=CCC(C)C1(C)C. The Morgan fingerprint density at radius 2 is 2.00 bits per heavy atom. The summed E-state index contributed by atoms with van der Waals surface area (Å²) in [7, 11) is 0. The fourth-order valence-corrected chi connectivity index (χ4v) is 3.78. The molecule has 0 bridgehead atoms. The largest absolute Gasteiger partial charge is 0.493 e. The van der Waals surface area contributed by atoms with E-state index in [1.54, 1.807) is 25.1 Å². The predicted octanol–water partition coefficient (Wildman–Crippen LogP) is 6.55. The first kappa shape index (κ1) is 23.0. The molecular weight excluding hydrogens is 393 g/mol. The summed E-state index contributed by atoms with van der Waals surface area (Å²) in [6.45, 7) is 13.2. The van der Waals surface area contributed by atoms with Gasteiger partial charge in [-0.2, -0.15) is 0 Å². The highest BCUT2D eigenvalue weighted by Gasteiger charge is 2.37. The molecule has 1 aromatic heterocycles. The van der Waals surface area contributed by atoms with Crippen molar-refractivity contribution in [3.05, 3.63) is 53.5 Å². The van der Waals surface area contributed by atoms with Crippen LogP contribution in [0.15, 0.2) is 36.4 Å². The first-order valence-corrected chi connectivity index (χ1v) is 11.0. The minimum absolute atomic E-state index is 0.139. The maximum atomic E-state index is 14.3. The minimum atomic E-state index is -0.395. The van der Waals surface area contributed by atoms with Crippen molar-refractivity contribution in [3.63, 3.8) is 0 Å². The normalized spacial score (nSPS) is 17.5. The molecule has 1 unspecified atom stereocenters. The Hall–Kier alpha value is -2.69. The lowest BCUT2D eigenvalue weighted by Crippen LogP contribution is -2.21. The fraction of sp³-hybridized carbons (Fsp3) is 0.462. The molecule has 0 spiro atoms. The topological polar surface area (TPSA) is 48.4 Å². The molecule has 1 atom stereocenters. The van der Waals surface area contributed by atoms with Gasteiger partial charge in [-0.05, 0) is 60.4 Å². The maximum Gasteiger partial charge on any atom is 0.340 e. The number of nitrogens with zero attached hydrogens (tertiary/aromatic N) is 1. The molecule has 2 aromatic rings. The van der Waals surface area contributed by atoms with Gasteiger partial charge in [0.15, 0.2) is 0 Å². The van der Waals surface area contributed by atoms with Gasteiger partial charge in [-0.3, -0.25) is 0 Å². The molecule has 1 aromatic carbocycles. The van der Waals surface area contributed by atoms with E-state index >= 15 is 0 Å². The molecule has 0 radical (unpaired) electrons. The van der Waals surface area contributed by atoms with Crippen LogP contribution >= 0.6 is 0 Å². The molecule has 1 aliphatic rings. The van der Waals surface area contributed by atoms with E-state index in [1.807, 2.05) is 13.8 Å². The Bertz CT molecular complexity index is 994. The molecule has 0 saturated carbocycles. The molecule has 5 heteroatoms. The van der Waals surface area contributed by atoms with Crippen molar-refractivity contribution in [3.8, 4) is 17.0 Å². The standard InChI is InChI=1S/C26H32FNO3/c1-7-30-25(29)21-9-11-23(28-24(21)22-10-8-17(4)26(22,5)6)18-12-19(27)14-20(13-18)31-15-16(2)3/h9-14,16-17H,7-8,15H2,1-6H3. The summed E-state index contributed by atoms with van der Waals surface area (Å²) in [4.78, 5) is 17.5. The van der Waals surface area contributed by atoms with Crippen molar-refractivity contribution >= 4 is 11.5 Å². The van der Waals surface area contributed by atoms with E-state index in [0.717, 1.165) is 12.0 Å². The van der Waals surface area contributed by atoms with Crippen LogP contribution in [0.2, 0.25) is 0 Å². The van der Waals surface area contributed by atoms with Crippen LogP contribution in [-0.4, -0.2) is 24.2 Å². The smallest absolute Gasteiger partial charge is 0.340 e. The number of aromatic nitrogens is 1. The second kappa shape index (κ2) is 9.21. The molecule has 0 aliphatic heterocycles. The zero-order chi connectivity index (χ0) is 22.8. The second-order valence-corrected chi connectivity index (χ2v) is 9.17. The first-order valence-electron chi connectivity index (χ1n) is 11.0. The van der Waals surface area contributed by atoms with Crippen LogP contribution in [0.3, 0.4) is 0 Å². The summed E-state index contributed by atoms with van der Waals surface area (Å²) in [6.07, 6.45) is 3.08. The van der Waals surface area contributed by atoms with E-state index in [0.29, 0.717) is 53.3 Å². The predicted molar refractivity (Wildman–Crippen MR) is 121 cm³/mol. The van der Waals surface area contributed by atoms with Gasteiger partial charge in [-0.25, -0.2) is 14.2 Å². The van der Waals surface area contributed by atoms with Crippen molar-refractivity contribution in [2.45, 2.75) is 48.0 Å². The van der Waals surface area contributed by atoms with Crippen molar-refractivity contribution in [2.24, 2.45) is 17.3 Å².